The molecule has 12 heteroatoms. The highest BCUT2D eigenvalue weighted by Gasteiger charge is 2.37. The van der Waals surface area contributed by atoms with Crippen molar-refractivity contribution >= 4 is 58.2 Å². The minimum Gasteiger partial charge on any atom is -0.355 e. The molecule has 3 aliphatic heterocycles. The Bertz CT molecular complexity index is 1690. The second kappa shape index (κ2) is 12.2. The number of amidine groups is 1. The van der Waals surface area contributed by atoms with Gasteiger partial charge in [-0.15, -0.1) is 11.8 Å². The first kappa shape index (κ1) is 30.1. The van der Waals surface area contributed by atoms with Crippen molar-refractivity contribution in [3.8, 4) is 11.3 Å². The van der Waals surface area contributed by atoms with Crippen LogP contribution < -0.4 is 10.2 Å². The van der Waals surface area contributed by atoms with Crippen LogP contribution in [0.15, 0.2) is 65.0 Å². The monoisotopic (exact) mass is 634 g/mol. The van der Waals surface area contributed by atoms with Crippen molar-refractivity contribution in [2.75, 3.05) is 42.1 Å². The summed E-state index contributed by atoms with van der Waals surface area (Å²) in [6.07, 6.45) is 0.117. The van der Waals surface area contributed by atoms with Gasteiger partial charge in [0.2, 0.25) is 18.2 Å². The third-order valence-corrected chi connectivity index (χ3v) is 9.30. The number of nitrogens with zero attached hydrogens (tertiary/aromatic N) is 5. The summed E-state index contributed by atoms with van der Waals surface area (Å²) in [6, 6.07) is 12.1. The van der Waals surface area contributed by atoms with Crippen molar-refractivity contribution in [3.05, 3.63) is 77.1 Å². The first-order chi connectivity index (χ1) is 21.2. The number of piperazine rings is 1. The average molecular weight is 635 g/mol. The Morgan fingerprint density at radius 3 is 2.68 bits per heavy atom. The molecule has 44 heavy (non-hydrogen) atoms. The molecule has 6 rings (SSSR count). The molecule has 3 aliphatic rings. The van der Waals surface area contributed by atoms with Crippen LogP contribution in [0.1, 0.15) is 37.3 Å². The zero-order valence-electron chi connectivity index (χ0n) is 24.4. The number of nitrogens with one attached hydrogen (secondary N) is 1. The molecule has 2 bridgehead atoms. The van der Waals surface area contributed by atoms with E-state index in [-0.39, 0.29) is 46.1 Å². The Labute approximate surface area is 264 Å². The number of carbonyl (C=O) groups is 2. The van der Waals surface area contributed by atoms with Gasteiger partial charge >= 0.3 is 0 Å². The van der Waals surface area contributed by atoms with Gasteiger partial charge in [0.15, 0.2) is 0 Å². The fraction of sp³-hybridized carbons (Fsp3) is 0.312. The van der Waals surface area contributed by atoms with Crippen LogP contribution >= 0.6 is 23.4 Å². The summed E-state index contributed by atoms with van der Waals surface area (Å²) in [5, 5.41) is 14.8. The van der Waals surface area contributed by atoms with Crippen LogP contribution in [0.5, 0.6) is 0 Å². The van der Waals surface area contributed by atoms with Crippen molar-refractivity contribution in [1.82, 2.24) is 14.8 Å². The third-order valence-electron chi connectivity index (χ3n) is 7.96. The fourth-order valence-corrected chi connectivity index (χ4v) is 7.09. The molecule has 1 fully saturated rings. The minimum absolute atomic E-state index is 0.0629. The molecular weight excluding hydrogens is 603 g/mol. The summed E-state index contributed by atoms with van der Waals surface area (Å²) < 4.78 is 15.6. The van der Waals surface area contributed by atoms with Crippen LogP contribution in [0, 0.1) is 5.82 Å². The number of thioether (sulfide) groups is 1. The van der Waals surface area contributed by atoms with E-state index >= 15 is 4.39 Å². The zero-order valence-corrected chi connectivity index (χ0v) is 26.0. The highest BCUT2D eigenvalue weighted by atomic mass is 35.5. The molecule has 9 nitrogen and oxygen atoms in total. The van der Waals surface area contributed by atoms with Crippen LogP contribution in [-0.2, 0) is 9.59 Å². The lowest BCUT2D eigenvalue weighted by Gasteiger charge is -2.41. The van der Waals surface area contributed by atoms with Crippen LogP contribution in [0.4, 0.5) is 21.6 Å². The molecule has 1 unspecified atom stereocenters. The van der Waals surface area contributed by atoms with Crippen molar-refractivity contribution in [2.45, 2.75) is 37.4 Å². The van der Waals surface area contributed by atoms with E-state index in [0.717, 1.165) is 16.1 Å². The Balaban J connectivity index is 1.59. The smallest absolute Gasteiger partial charge is 0.246 e. The molecular formula is C32H32ClFN6O3S. The number of hydrogen-bond acceptors (Lipinski definition) is 8. The maximum atomic E-state index is 15.6. The van der Waals surface area contributed by atoms with Crippen LogP contribution in [0.25, 0.3) is 11.3 Å². The molecule has 3 aromatic rings. The standard InChI is InChI=1S/C32H32ClFN6O3S/c1-4-26(42)38-12-14-39(15-13-38)30-20-17-21(33)28-27-22(34)8-6-9-23(27)35-25(41)11-16-44-24-10-5-7-19(18(2)3)29(24)40(31(20)36-28)32(43)37-30/h4-10,17-18,32,43H,1,11-16H2,2-3H3,(H,35,41). The third kappa shape index (κ3) is 5.44. The SMILES string of the molecule is C=CC(=O)N1CCN(C2=NC(O)N3c4nc(c(Cl)cc42)-c2c(F)cccc2NC(=O)CCSc2cccc(C(C)C)c23)CC1. The number of aliphatic hydroxyl groups excluding tert-OH is 1. The molecule has 0 radical (unpaired) electrons. The second-order valence-electron chi connectivity index (χ2n) is 11.0. The Morgan fingerprint density at radius 1 is 1.20 bits per heavy atom. The van der Waals surface area contributed by atoms with Crippen molar-refractivity contribution in [1.29, 1.82) is 0 Å². The largest absolute Gasteiger partial charge is 0.355 e. The summed E-state index contributed by atoms with van der Waals surface area (Å²) in [5.74, 6) is 0.376. The topological polar surface area (TPSA) is 101 Å². The number of anilines is 3. The van der Waals surface area contributed by atoms with E-state index in [1.807, 2.05) is 23.1 Å². The number of fused-ring (bicyclic) bond motifs is 5. The number of hydrogen-bond donors (Lipinski definition) is 2. The maximum absolute atomic E-state index is 15.6. The van der Waals surface area contributed by atoms with Crippen LogP contribution in [0.3, 0.4) is 0 Å². The molecule has 1 aromatic heterocycles. The number of rotatable bonds is 2. The van der Waals surface area contributed by atoms with Crippen molar-refractivity contribution in [3.63, 3.8) is 0 Å². The molecule has 2 aromatic carbocycles. The number of aliphatic imine (C=N–C) groups is 1. The summed E-state index contributed by atoms with van der Waals surface area (Å²) in [6.45, 7) is 9.56. The predicted molar refractivity (Wildman–Crippen MR) is 172 cm³/mol. The summed E-state index contributed by atoms with van der Waals surface area (Å²) in [7, 11) is 0. The van der Waals surface area contributed by atoms with Crippen molar-refractivity contribution in [2.24, 2.45) is 4.99 Å². The Morgan fingerprint density at radius 2 is 1.95 bits per heavy atom. The van der Waals surface area contributed by atoms with Gasteiger partial charge in [0.1, 0.15) is 17.5 Å². The Kier molecular flexibility index (Phi) is 8.36. The highest BCUT2D eigenvalue weighted by Crippen LogP contribution is 2.46. The van der Waals surface area contributed by atoms with Gasteiger partial charge in [-0.3, -0.25) is 14.5 Å². The molecule has 0 saturated carbocycles. The van der Waals surface area contributed by atoms with E-state index in [0.29, 0.717) is 49.1 Å². The summed E-state index contributed by atoms with van der Waals surface area (Å²) in [4.78, 5) is 41.2. The molecule has 0 aliphatic carbocycles. The predicted octanol–water partition coefficient (Wildman–Crippen LogP) is 5.60. The minimum atomic E-state index is -1.36. The fourth-order valence-electron chi connectivity index (χ4n) is 5.80. The van der Waals surface area contributed by atoms with Gasteiger partial charge in [-0.1, -0.05) is 50.2 Å². The van der Waals surface area contributed by atoms with Gasteiger partial charge in [-0.05, 0) is 41.8 Å². The average Bonchev–Trinajstić information content (AvgIpc) is 3.01. The first-order valence-corrected chi connectivity index (χ1v) is 15.8. The van der Waals surface area contributed by atoms with Crippen LogP contribution in [0.2, 0.25) is 5.02 Å². The lowest BCUT2D eigenvalue weighted by Crippen LogP contribution is -2.52. The van der Waals surface area contributed by atoms with Gasteiger partial charge in [0, 0.05) is 43.2 Å². The van der Waals surface area contributed by atoms with Gasteiger partial charge in [-0.2, -0.15) is 0 Å². The summed E-state index contributed by atoms with van der Waals surface area (Å²) >= 11 is 8.38. The van der Waals surface area contributed by atoms with E-state index in [1.54, 1.807) is 21.9 Å². The molecule has 2 N–H and O–H groups in total. The molecule has 2 amide bonds. The Hall–Kier alpha value is -3.93. The molecule has 1 saturated heterocycles. The highest BCUT2D eigenvalue weighted by molar-refractivity contribution is 7.99. The number of benzene rings is 2. The number of pyridine rings is 1. The quantitative estimate of drug-likeness (QED) is 0.354. The summed E-state index contributed by atoms with van der Waals surface area (Å²) in [5.41, 5.74) is 2.70. The number of amides is 2. The van der Waals surface area contributed by atoms with Crippen molar-refractivity contribution < 1.29 is 19.1 Å². The first-order valence-electron chi connectivity index (χ1n) is 14.4. The number of aromatic nitrogens is 1. The number of halogens is 2. The number of aliphatic hydroxyl groups is 1. The molecule has 4 heterocycles. The molecule has 1 atom stereocenters. The number of para-hydroxylation sites is 1. The number of carbonyl (C=O) groups excluding carboxylic acids is 2. The van der Waals surface area contributed by atoms with E-state index in [2.05, 4.69) is 25.7 Å². The van der Waals surface area contributed by atoms with Gasteiger partial charge < -0.3 is 20.2 Å². The molecule has 0 spiro atoms. The van der Waals surface area contributed by atoms with Crippen LogP contribution in [-0.4, -0.2) is 75.8 Å². The van der Waals surface area contributed by atoms with Gasteiger partial charge in [0.05, 0.1) is 33.2 Å². The normalized spacial score (nSPS) is 18.3. The zero-order chi connectivity index (χ0) is 31.1. The van der Waals surface area contributed by atoms with E-state index in [1.165, 1.54) is 30.0 Å². The van der Waals surface area contributed by atoms with Gasteiger partial charge in [-0.25, -0.2) is 14.4 Å². The van der Waals surface area contributed by atoms with E-state index < -0.39 is 12.2 Å². The molecule has 228 valence electrons. The lowest BCUT2D eigenvalue weighted by molar-refractivity contribution is -0.127. The maximum Gasteiger partial charge on any atom is 0.246 e. The van der Waals surface area contributed by atoms with Gasteiger partial charge in [0.25, 0.3) is 0 Å². The van der Waals surface area contributed by atoms with E-state index in [9.17, 15) is 14.7 Å². The lowest BCUT2D eigenvalue weighted by atomic mass is 9.99. The van der Waals surface area contributed by atoms with E-state index in [4.69, 9.17) is 21.6 Å². The second-order valence-corrected chi connectivity index (χ2v) is 12.6.